The molecule has 1 aromatic rings. The molecule has 2 aliphatic rings. The van der Waals surface area contributed by atoms with Crippen LogP contribution in [0.4, 0.5) is 5.69 Å². The molecule has 0 radical (unpaired) electrons. The topological polar surface area (TPSA) is 21.3 Å². The van der Waals surface area contributed by atoms with Gasteiger partial charge in [0.05, 0.1) is 6.61 Å². The number of aryl methyl sites for hydroxylation is 1. The summed E-state index contributed by atoms with van der Waals surface area (Å²) < 4.78 is 5.54. The summed E-state index contributed by atoms with van der Waals surface area (Å²) in [6.07, 6.45) is 1.14. The molecule has 1 N–H and O–H groups in total. The molecule has 1 saturated heterocycles. The van der Waals surface area contributed by atoms with E-state index in [2.05, 4.69) is 30.4 Å². The van der Waals surface area contributed by atoms with E-state index in [1.165, 1.54) is 16.8 Å². The van der Waals surface area contributed by atoms with Crippen LogP contribution in [0.2, 0.25) is 0 Å². The normalized spacial score (nSPS) is 29.2. The second-order valence-electron chi connectivity index (χ2n) is 4.26. The molecular formula is C12H15NO. The summed E-state index contributed by atoms with van der Waals surface area (Å²) in [6.45, 7) is 3.96. The molecule has 2 heterocycles. The maximum atomic E-state index is 5.54. The summed E-state index contributed by atoms with van der Waals surface area (Å²) in [4.78, 5) is 0. The average Bonchev–Trinajstić information content (AvgIpc) is 2.59. The van der Waals surface area contributed by atoms with Gasteiger partial charge in [-0.3, -0.25) is 0 Å². The van der Waals surface area contributed by atoms with Gasteiger partial charge in [0.25, 0.3) is 0 Å². The molecule has 3 rings (SSSR count). The lowest BCUT2D eigenvalue weighted by molar-refractivity contribution is 0.0769. The molecule has 2 heteroatoms. The Morgan fingerprint density at radius 2 is 2.36 bits per heavy atom. The molecule has 2 atom stereocenters. The number of hydrogen-bond acceptors (Lipinski definition) is 2. The zero-order chi connectivity index (χ0) is 9.54. The Hall–Kier alpha value is -1.02. The van der Waals surface area contributed by atoms with Crippen molar-refractivity contribution in [1.82, 2.24) is 0 Å². The van der Waals surface area contributed by atoms with E-state index in [1.54, 1.807) is 0 Å². The zero-order valence-corrected chi connectivity index (χ0v) is 8.42. The Bertz CT molecular complexity index is 361. The van der Waals surface area contributed by atoms with Crippen LogP contribution in [0.3, 0.4) is 0 Å². The first-order chi connectivity index (χ1) is 6.86. The van der Waals surface area contributed by atoms with Crippen molar-refractivity contribution < 1.29 is 4.74 Å². The van der Waals surface area contributed by atoms with Gasteiger partial charge in [0.1, 0.15) is 0 Å². The van der Waals surface area contributed by atoms with Crippen LogP contribution in [-0.2, 0) is 4.74 Å². The van der Waals surface area contributed by atoms with Gasteiger partial charge in [0.15, 0.2) is 0 Å². The number of hydrogen-bond donors (Lipinski definition) is 1. The van der Waals surface area contributed by atoms with Crippen LogP contribution in [-0.4, -0.2) is 19.3 Å². The Morgan fingerprint density at radius 3 is 3.29 bits per heavy atom. The van der Waals surface area contributed by atoms with Crippen molar-refractivity contribution in [3.8, 4) is 0 Å². The summed E-state index contributed by atoms with van der Waals surface area (Å²) in [5, 5.41) is 3.62. The minimum Gasteiger partial charge on any atom is -0.381 e. The highest BCUT2D eigenvalue weighted by Gasteiger charge is 2.34. The number of fused-ring (bicyclic) bond motifs is 3. The lowest BCUT2D eigenvalue weighted by atomic mass is 9.92. The van der Waals surface area contributed by atoms with E-state index in [0.717, 1.165) is 19.6 Å². The van der Waals surface area contributed by atoms with Gasteiger partial charge in [0, 0.05) is 24.3 Å². The third kappa shape index (κ3) is 1.07. The molecular weight excluding hydrogens is 174 g/mol. The maximum Gasteiger partial charge on any atom is 0.0555 e. The largest absolute Gasteiger partial charge is 0.381 e. The van der Waals surface area contributed by atoms with Crippen molar-refractivity contribution >= 4 is 5.69 Å². The smallest absolute Gasteiger partial charge is 0.0555 e. The van der Waals surface area contributed by atoms with Crippen molar-refractivity contribution in [3.05, 3.63) is 29.3 Å². The van der Waals surface area contributed by atoms with E-state index >= 15 is 0 Å². The molecule has 1 fully saturated rings. The van der Waals surface area contributed by atoms with Gasteiger partial charge in [-0.1, -0.05) is 18.2 Å². The third-order valence-electron chi connectivity index (χ3n) is 3.39. The van der Waals surface area contributed by atoms with Crippen LogP contribution >= 0.6 is 0 Å². The van der Waals surface area contributed by atoms with E-state index in [4.69, 9.17) is 4.74 Å². The molecule has 0 bridgehead atoms. The summed E-state index contributed by atoms with van der Waals surface area (Å²) in [5.41, 5.74) is 4.17. The molecule has 0 amide bonds. The quantitative estimate of drug-likeness (QED) is 0.676. The number of para-hydroxylation sites is 1. The molecule has 0 spiro atoms. The molecule has 74 valence electrons. The second-order valence-corrected chi connectivity index (χ2v) is 4.26. The molecule has 1 aromatic carbocycles. The molecule has 14 heavy (non-hydrogen) atoms. The molecule has 2 nitrogen and oxygen atoms in total. The zero-order valence-electron chi connectivity index (χ0n) is 8.42. The molecule has 0 saturated carbocycles. The van der Waals surface area contributed by atoms with Gasteiger partial charge in [-0.25, -0.2) is 0 Å². The Kier molecular flexibility index (Phi) is 1.77. The number of anilines is 1. The van der Waals surface area contributed by atoms with Crippen LogP contribution < -0.4 is 5.32 Å². The van der Waals surface area contributed by atoms with E-state index in [1.807, 2.05) is 0 Å². The highest BCUT2D eigenvalue weighted by Crippen LogP contribution is 2.40. The molecule has 0 aromatic heterocycles. The Morgan fingerprint density at radius 1 is 1.43 bits per heavy atom. The fourth-order valence-electron chi connectivity index (χ4n) is 2.60. The van der Waals surface area contributed by atoms with Crippen LogP contribution in [0, 0.1) is 6.92 Å². The lowest BCUT2D eigenvalue weighted by Gasteiger charge is -2.25. The third-order valence-corrected chi connectivity index (χ3v) is 3.39. The minimum atomic E-state index is 0.582. The molecule has 2 unspecified atom stereocenters. The van der Waals surface area contributed by atoms with Crippen molar-refractivity contribution in [2.45, 2.75) is 25.3 Å². The monoisotopic (exact) mass is 189 g/mol. The Balaban J connectivity index is 2.05. The van der Waals surface area contributed by atoms with E-state index in [0.29, 0.717) is 12.0 Å². The number of benzene rings is 1. The van der Waals surface area contributed by atoms with Crippen molar-refractivity contribution in [2.24, 2.45) is 0 Å². The lowest BCUT2D eigenvalue weighted by Crippen LogP contribution is -2.30. The van der Waals surface area contributed by atoms with Gasteiger partial charge >= 0.3 is 0 Å². The fraction of sp³-hybridized carbons (Fsp3) is 0.500. The van der Waals surface area contributed by atoms with Crippen LogP contribution in [0.1, 0.15) is 23.5 Å². The summed E-state index contributed by atoms with van der Waals surface area (Å²) in [6, 6.07) is 7.16. The van der Waals surface area contributed by atoms with Crippen molar-refractivity contribution in [2.75, 3.05) is 18.5 Å². The van der Waals surface area contributed by atoms with Crippen LogP contribution in [0.15, 0.2) is 18.2 Å². The van der Waals surface area contributed by atoms with Crippen LogP contribution in [0.25, 0.3) is 0 Å². The number of nitrogens with one attached hydrogen (secondary N) is 1. The first-order valence-corrected chi connectivity index (χ1v) is 5.30. The predicted molar refractivity (Wildman–Crippen MR) is 56.8 cm³/mol. The fourth-order valence-corrected chi connectivity index (χ4v) is 2.60. The first-order valence-electron chi connectivity index (χ1n) is 5.30. The second kappa shape index (κ2) is 2.99. The van der Waals surface area contributed by atoms with Gasteiger partial charge < -0.3 is 10.1 Å². The first kappa shape index (κ1) is 8.30. The number of ether oxygens (including phenoxy) is 1. The van der Waals surface area contributed by atoms with E-state index in [9.17, 15) is 0 Å². The summed E-state index contributed by atoms with van der Waals surface area (Å²) in [7, 11) is 0. The number of rotatable bonds is 0. The van der Waals surface area contributed by atoms with Crippen LogP contribution in [0.5, 0.6) is 0 Å². The van der Waals surface area contributed by atoms with E-state index < -0.39 is 0 Å². The average molecular weight is 189 g/mol. The van der Waals surface area contributed by atoms with Gasteiger partial charge in [-0.2, -0.15) is 0 Å². The standard InChI is InChI=1S/C12H15NO/c1-8-3-2-4-9-10-7-14-6-5-11(10)13-12(8)9/h2-4,10-11,13H,5-7H2,1H3. The molecule has 2 aliphatic heterocycles. The van der Waals surface area contributed by atoms with Crippen molar-refractivity contribution in [3.63, 3.8) is 0 Å². The van der Waals surface area contributed by atoms with Crippen molar-refractivity contribution in [1.29, 1.82) is 0 Å². The highest BCUT2D eigenvalue weighted by molar-refractivity contribution is 5.64. The predicted octanol–water partition coefficient (Wildman–Crippen LogP) is 2.29. The molecule has 0 aliphatic carbocycles. The minimum absolute atomic E-state index is 0.582. The Labute approximate surface area is 84.3 Å². The van der Waals surface area contributed by atoms with E-state index in [-0.39, 0.29) is 0 Å². The van der Waals surface area contributed by atoms with Gasteiger partial charge in [-0.15, -0.1) is 0 Å². The summed E-state index contributed by atoms with van der Waals surface area (Å²) >= 11 is 0. The highest BCUT2D eigenvalue weighted by atomic mass is 16.5. The van der Waals surface area contributed by atoms with Gasteiger partial charge in [0.2, 0.25) is 0 Å². The van der Waals surface area contributed by atoms with Gasteiger partial charge in [-0.05, 0) is 24.5 Å². The maximum absolute atomic E-state index is 5.54. The summed E-state index contributed by atoms with van der Waals surface area (Å²) in [5.74, 6) is 0.582. The SMILES string of the molecule is Cc1cccc2c1NC1CCOCC21.